The number of halogens is 1. The zero-order chi connectivity index (χ0) is 20.0. The van der Waals surface area contributed by atoms with Crippen molar-refractivity contribution in [2.75, 3.05) is 30.2 Å². The summed E-state index contributed by atoms with van der Waals surface area (Å²) in [6, 6.07) is 7.98. The minimum atomic E-state index is -0.643. The maximum absolute atomic E-state index is 12.8. The van der Waals surface area contributed by atoms with E-state index >= 15 is 0 Å². The van der Waals surface area contributed by atoms with Gasteiger partial charge in [-0.05, 0) is 30.6 Å². The molecule has 0 aliphatic rings. The van der Waals surface area contributed by atoms with E-state index in [-0.39, 0.29) is 21.9 Å². The predicted molar refractivity (Wildman–Crippen MR) is 111 cm³/mol. The molecule has 27 heavy (non-hydrogen) atoms. The molecule has 0 fully saturated rings. The fraction of sp³-hybridized carbons (Fsp3) is 0.278. The number of nitrogen functional groups attached to an aromatic ring is 1. The lowest BCUT2D eigenvalue weighted by Crippen LogP contribution is -2.31. The fourth-order valence-corrected chi connectivity index (χ4v) is 4.15. The second-order valence-corrected chi connectivity index (χ2v) is 7.88. The Morgan fingerprint density at radius 1 is 1.44 bits per heavy atom. The molecule has 2 aromatic rings. The van der Waals surface area contributed by atoms with Crippen LogP contribution in [-0.4, -0.2) is 36.9 Å². The summed E-state index contributed by atoms with van der Waals surface area (Å²) in [5.41, 5.74) is 6.56. The number of nitriles is 1. The molecule has 0 amide bonds. The number of thioether (sulfide) groups is 1. The number of hydrogen-bond donors (Lipinski definition) is 2. The number of anilines is 2. The minimum Gasteiger partial charge on any atom is -0.467 e. The van der Waals surface area contributed by atoms with Gasteiger partial charge in [0.15, 0.2) is 0 Å². The first-order valence-corrected chi connectivity index (χ1v) is 10.5. The fourth-order valence-electron chi connectivity index (χ4n) is 2.38. The Balaban J connectivity index is 2.40. The zero-order valence-electron chi connectivity index (χ0n) is 14.7. The number of ketones is 1. The van der Waals surface area contributed by atoms with Crippen LogP contribution in [0.1, 0.15) is 27.2 Å². The number of thiophene rings is 1. The third kappa shape index (κ3) is 4.75. The van der Waals surface area contributed by atoms with Crippen molar-refractivity contribution in [3.63, 3.8) is 0 Å². The first-order valence-electron chi connectivity index (χ1n) is 7.89. The zero-order valence-corrected chi connectivity index (χ0v) is 17.1. The number of carbonyl (C=O) groups is 2. The number of nitrogens with one attached hydrogen (secondary N) is 1. The first-order chi connectivity index (χ1) is 12.9. The third-order valence-corrected chi connectivity index (χ3v) is 5.89. The lowest BCUT2D eigenvalue weighted by Gasteiger charge is -2.16. The Morgan fingerprint density at radius 3 is 2.74 bits per heavy atom. The molecule has 142 valence electrons. The lowest BCUT2D eigenvalue weighted by molar-refractivity contribution is -0.141. The normalized spacial score (nSPS) is 11.5. The van der Waals surface area contributed by atoms with Crippen LogP contribution < -0.4 is 11.1 Å². The van der Waals surface area contributed by atoms with Gasteiger partial charge in [-0.2, -0.15) is 17.0 Å². The SMILES string of the molecule is COC(=O)C(CCSC)Nc1sc(C(=O)c2ccccc2Cl)c(N)c1C#N. The van der Waals surface area contributed by atoms with E-state index in [0.717, 1.165) is 17.1 Å². The molecule has 6 nitrogen and oxygen atoms in total. The van der Waals surface area contributed by atoms with Crippen LogP contribution in [0.2, 0.25) is 5.02 Å². The number of nitrogens with zero attached hydrogens (tertiary/aromatic N) is 1. The minimum absolute atomic E-state index is 0.0726. The lowest BCUT2D eigenvalue weighted by atomic mass is 10.1. The molecule has 0 radical (unpaired) electrons. The van der Waals surface area contributed by atoms with Gasteiger partial charge in [0, 0.05) is 5.56 Å². The largest absolute Gasteiger partial charge is 0.467 e. The summed E-state index contributed by atoms with van der Waals surface area (Å²) < 4.78 is 4.82. The van der Waals surface area contributed by atoms with Crippen LogP contribution in [0.3, 0.4) is 0 Å². The molecule has 1 heterocycles. The molecule has 0 spiro atoms. The molecule has 9 heteroatoms. The monoisotopic (exact) mass is 423 g/mol. The molecular formula is C18H18ClN3O3S2. The maximum atomic E-state index is 12.8. The standard InChI is InChI=1S/C18H18ClN3O3S2/c1-25-18(24)13(7-8-26-2)22-17-11(9-20)14(21)16(27-17)15(23)10-5-3-4-6-12(10)19/h3-6,13,22H,7-8,21H2,1-2H3. The molecule has 0 aliphatic heterocycles. The van der Waals surface area contributed by atoms with Gasteiger partial charge in [0.1, 0.15) is 27.6 Å². The van der Waals surface area contributed by atoms with Crippen molar-refractivity contribution in [2.24, 2.45) is 0 Å². The Labute approximate surface area is 170 Å². The number of nitrogens with two attached hydrogens (primary N) is 1. The molecule has 0 bridgehead atoms. The summed E-state index contributed by atoms with van der Waals surface area (Å²) in [5, 5.41) is 13.2. The van der Waals surface area contributed by atoms with Crippen LogP contribution >= 0.6 is 34.7 Å². The van der Waals surface area contributed by atoms with E-state index in [0.29, 0.717) is 22.0 Å². The van der Waals surface area contributed by atoms with Crippen LogP contribution in [0.15, 0.2) is 24.3 Å². The number of ether oxygens (including phenoxy) is 1. The van der Waals surface area contributed by atoms with Gasteiger partial charge in [-0.25, -0.2) is 4.79 Å². The second-order valence-electron chi connectivity index (χ2n) is 5.47. The maximum Gasteiger partial charge on any atom is 0.328 e. The molecule has 0 saturated heterocycles. The van der Waals surface area contributed by atoms with Crippen LogP contribution in [-0.2, 0) is 9.53 Å². The van der Waals surface area contributed by atoms with E-state index in [9.17, 15) is 14.9 Å². The predicted octanol–water partition coefficient (Wildman–Crippen LogP) is 3.79. The van der Waals surface area contributed by atoms with Crippen molar-refractivity contribution < 1.29 is 14.3 Å². The molecule has 0 saturated carbocycles. The highest BCUT2D eigenvalue weighted by molar-refractivity contribution is 7.98. The quantitative estimate of drug-likeness (QED) is 0.491. The summed E-state index contributed by atoms with van der Waals surface area (Å²) in [7, 11) is 1.30. The Morgan fingerprint density at radius 2 is 2.15 bits per heavy atom. The highest BCUT2D eigenvalue weighted by atomic mass is 35.5. The average Bonchev–Trinajstić information content (AvgIpc) is 2.99. The highest BCUT2D eigenvalue weighted by Crippen LogP contribution is 2.38. The topological polar surface area (TPSA) is 105 Å². The molecule has 1 aromatic heterocycles. The van der Waals surface area contributed by atoms with Crippen molar-refractivity contribution in [3.05, 3.63) is 45.3 Å². The van der Waals surface area contributed by atoms with Crippen molar-refractivity contribution in [1.82, 2.24) is 0 Å². The molecule has 1 aromatic carbocycles. The van der Waals surface area contributed by atoms with Gasteiger partial charge in [0.25, 0.3) is 0 Å². The van der Waals surface area contributed by atoms with Gasteiger partial charge in [-0.3, -0.25) is 4.79 Å². The van der Waals surface area contributed by atoms with Gasteiger partial charge in [-0.15, -0.1) is 11.3 Å². The number of methoxy groups -OCH3 is 1. The summed E-state index contributed by atoms with van der Waals surface area (Å²) in [6.07, 6.45) is 2.43. The number of esters is 1. The van der Waals surface area contributed by atoms with Gasteiger partial charge in [-0.1, -0.05) is 23.7 Å². The van der Waals surface area contributed by atoms with Crippen molar-refractivity contribution in [3.8, 4) is 6.07 Å². The van der Waals surface area contributed by atoms with E-state index in [2.05, 4.69) is 5.32 Å². The summed E-state index contributed by atoms with van der Waals surface area (Å²) >= 11 is 8.72. The smallest absolute Gasteiger partial charge is 0.328 e. The second kappa shape index (κ2) is 9.65. The third-order valence-electron chi connectivity index (χ3n) is 3.78. The van der Waals surface area contributed by atoms with Crippen LogP contribution in [0, 0.1) is 11.3 Å². The van der Waals surface area contributed by atoms with Crippen molar-refractivity contribution in [2.45, 2.75) is 12.5 Å². The van der Waals surface area contributed by atoms with E-state index in [1.807, 2.05) is 12.3 Å². The van der Waals surface area contributed by atoms with E-state index in [1.54, 1.807) is 36.0 Å². The van der Waals surface area contributed by atoms with Gasteiger partial charge in [0.2, 0.25) is 5.78 Å². The number of benzene rings is 1. The van der Waals surface area contributed by atoms with Crippen molar-refractivity contribution >= 4 is 57.1 Å². The highest BCUT2D eigenvalue weighted by Gasteiger charge is 2.26. The first kappa shape index (κ1) is 21.1. The van der Waals surface area contributed by atoms with E-state index in [1.165, 1.54) is 7.11 Å². The number of hydrogen-bond acceptors (Lipinski definition) is 8. The Kier molecular flexibility index (Phi) is 7.54. The van der Waals surface area contributed by atoms with E-state index in [4.69, 9.17) is 22.1 Å². The summed E-state index contributed by atoms with van der Waals surface area (Å²) in [5.74, 6) is -0.0914. The number of carbonyl (C=O) groups excluding carboxylic acids is 2. The van der Waals surface area contributed by atoms with Gasteiger partial charge >= 0.3 is 5.97 Å². The molecule has 2 rings (SSSR count). The van der Waals surface area contributed by atoms with Crippen LogP contribution in [0.5, 0.6) is 0 Å². The average molecular weight is 424 g/mol. The van der Waals surface area contributed by atoms with Crippen molar-refractivity contribution in [1.29, 1.82) is 5.26 Å². The molecule has 0 aliphatic carbocycles. The molecule has 1 atom stereocenters. The summed E-state index contributed by atoms with van der Waals surface area (Å²) in [4.78, 5) is 25.1. The summed E-state index contributed by atoms with van der Waals surface area (Å²) in [6.45, 7) is 0. The number of rotatable bonds is 8. The molecule has 3 N–H and O–H groups in total. The Bertz CT molecular complexity index is 892. The van der Waals surface area contributed by atoms with Gasteiger partial charge in [0.05, 0.1) is 17.8 Å². The van der Waals surface area contributed by atoms with E-state index < -0.39 is 12.0 Å². The van der Waals surface area contributed by atoms with Crippen LogP contribution in [0.25, 0.3) is 0 Å². The molecular weight excluding hydrogens is 406 g/mol. The van der Waals surface area contributed by atoms with Crippen LogP contribution in [0.4, 0.5) is 10.7 Å². The van der Waals surface area contributed by atoms with Gasteiger partial charge < -0.3 is 15.8 Å². The Hall–Kier alpha value is -2.21. The molecule has 1 unspecified atom stereocenters.